The first-order chi connectivity index (χ1) is 11.5. The van der Waals surface area contributed by atoms with Crippen LogP contribution in [0.15, 0.2) is 30.5 Å². The van der Waals surface area contributed by atoms with Crippen LogP contribution in [0.3, 0.4) is 0 Å². The maximum absolute atomic E-state index is 13.4. The molecule has 1 heterocycles. The lowest BCUT2D eigenvalue weighted by atomic mass is 10.1. The number of amides is 1. The average Bonchev–Trinajstić information content (AvgIpc) is 3.36. The second kappa shape index (κ2) is 6.31. The average molecular weight is 330 g/mol. The molecule has 24 heavy (non-hydrogen) atoms. The summed E-state index contributed by atoms with van der Waals surface area (Å²) < 4.78 is 13.4. The van der Waals surface area contributed by atoms with Crippen molar-refractivity contribution in [1.82, 2.24) is 15.3 Å². The smallest absolute Gasteiger partial charge is 0.282 e. The van der Waals surface area contributed by atoms with Crippen LogP contribution in [0.4, 0.5) is 10.1 Å². The molecular formula is C16H15FN4O3. The highest BCUT2D eigenvalue weighted by Crippen LogP contribution is 2.40. The van der Waals surface area contributed by atoms with E-state index in [1.165, 1.54) is 0 Å². The van der Waals surface area contributed by atoms with Gasteiger partial charge in [0.05, 0.1) is 11.0 Å². The summed E-state index contributed by atoms with van der Waals surface area (Å²) in [6, 6.07) is 4.11. The summed E-state index contributed by atoms with van der Waals surface area (Å²) in [5.41, 5.74) is 0.0172. The summed E-state index contributed by atoms with van der Waals surface area (Å²) in [5.74, 6) is -0.767. The molecule has 1 aromatic carbocycles. The van der Waals surface area contributed by atoms with E-state index in [4.69, 9.17) is 0 Å². The van der Waals surface area contributed by atoms with Gasteiger partial charge in [0.1, 0.15) is 11.4 Å². The predicted molar refractivity (Wildman–Crippen MR) is 82.8 cm³/mol. The molecule has 1 fully saturated rings. The molecule has 3 rings (SSSR count). The van der Waals surface area contributed by atoms with Gasteiger partial charge in [-0.05, 0) is 43.9 Å². The molecule has 1 aromatic heterocycles. The fourth-order valence-electron chi connectivity index (χ4n) is 2.51. The molecule has 1 amide bonds. The summed E-state index contributed by atoms with van der Waals surface area (Å²) in [6.07, 6.45) is 3.42. The van der Waals surface area contributed by atoms with E-state index >= 15 is 0 Å². The molecule has 1 aliphatic rings. The number of nitrogens with one attached hydrogen (secondary N) is 1. The number of nitro groups is 1. The number of carbonyl (C=O) groups is 1. The van der Waals surface area contributed by atoms with Gasteiger partial charge >= 0.3 is 0 Å². The minimum absolute atomic E-state index is 0.184. The van der Waals surface area contributed by atoms with Gasteiger partial charge in [-0.15, -0.1) is 0 Å². The Bertz CT molecular complexity index is 808. The van der Waals surface area contributed by atoms with E-state index in [0.717, 1.165) is 36.7 Å². The molecule has 0 aliphatic heterocycles. The summed E-state index contributed by atoms with van der Waals surface area (Å²) >= 11 is 0. The second-order valence-electron chi connectivity index (χ2n) is 5.76. The van der Waals surface area contributed by atoms with Crippen molar-refractivity contribution in [1.29, 1.82) is 0 Å². The van der Waals surface area contributed by atoms with Crippen molar-refractivity contribution in [3.05, 3.63) is 63.5 Å². The highest BCUT2D eigenvalue weighted by Gasteiger charge is 2.36. The van der Waals surface area contributed by atoms with E-state index in [0.29, 0.717) is 5.82 Å². The van der Waals surface area contributed by atoms with E-state index in [2.05, 4.69) is 15.3 Å². The number of halogens is 1. The van der Waals surface area contributed by atoms with Crippen LogP contribution >= 0.6 is 0 Å². The van der Waals surface area contributed by atoms with Gasteiger partial charge in [-0.1, -0.05) is 0 Å². The fourth-order valence-corrected chi connectivity index (χ4v) is 2.51. The second-order valence-corrected chi connectivity index (χ2v) is 5.76. The van der Waals surface area contributed by atoms with Gasteiger partial charge in [0.25, 0.3) is 11.6 Å². The fraction of sp³-hybridized carbons (Fsp3) is 0.312. The number of hydrogen-bond acceptors (Lipinski definition) is 5. The molecule has 0 unspecified atom stereocenters. The Morgan fingerprint density at radius 3 is 2.79 bits per heavy atom. The van der Waals surface area contributed by atoms with Crippen molar-refractivity contribution in [3.63, 3.8) is 0 Å². The number of nitro benzene ring substituents is 1. The molecule has 0 spiro atoms. The molecular weight excluding hydrogens is 315 g/mol. The third kappa shape index (κ3) is 3.37. The normalized spacial score (nSPS) is 14.9. The minimum atomic E-state index is -0.708. The number of hydrogen-bond donors (Lipinski definition) is 1. The number of rotatable bonds is 5. The molecule has 0 saturated heterocycles. The standard InChI is InChI=1S/C16H15FN4O3/c1-9-6-7-18-15(19-9)14(10-2-3-10)20-16(22)12-8-11(17)4-5-13(12)21(23)24/h4-8,10,14H,2-3H2,1H3,(H,20,22)/t14-/m0/s1. The summed E-state index contributed by atoms with van der Waals surface area (Å²) in [6.45, 7) is 1.81. The molecule has 1 atom stereocenters. The van der Waals surface area contributed by atoms with Crippen LogP contribution in [0.5, 0.6) is 0 Å². The SMILES string of the molecule is Cc1ccnc([C@@H](NC(=O)c2cc(F)ccc2[N+](=O)[O-])C2CC2)n1. The summed E-state index contributed by atoms with van der Waals surface area (Å²) in [4.78, 5) is 31.4. The highest BCUT2D eigenvalue weighted by atomic mass is 19.1. The molecule has 0 bridgehead atoms. The van der Waals surface area contributed by atoms with Crippen molar-refractivity contribution < 1.29 is 14.1 Å². The number of nitrogens with zero attached hydrogens (tertiary/aromatic N) is 3. The zero-order valence-electron chi connectivity index (χ0n) is 12.9. The van der Waals surface area contributed by atoms with Crippen molar-refractivity contribution in [2.75, 3.05) is 0 Å². The molecule has 8 heteroatoms. The summed E-state index contributed by atoms with van der Waals surface area (Å²) in [5, 5.41) is 13.8. The number of benzene rings is 1. The highest BCUT2D eigenvalue weighted by molar-refractivity contribution is 5.98. The van der Waals surface area contributed by atoms with E-state index in [1.54, 1.807) is 12.3 Å². The summed E-state index contributed by atoms with van der Waals surface area (Å²) in [7, 11) is 0. The number of aromatic nitrogens is 2. The molecule has 0 radical (unpaired) electrons. The van der Waals surface area contributed by atoms with Gasteiger partial charge in [0, 0.05) is 18.0 Å². The maximum atomic E-state index is 13.4. The molecule has 1 aliphatic carbocycles. The molecule has 124 valence electrons. The predicted octanol–water partition coefficient (Wildman–Crippen LogP) is 2.71. The number of carbonyl (C=O) groups excluding carboxylic acids is 1. The van der Waals surface area contributed by atoms with Crippen molar-refractivity contribution in [2.24, 2.45) is 5.92 Å². The topological polar surface area (TPSA) is 98.0 Å². The first-order valence-electron chi connectivity index (χ1n) is 7.50. The first kappa shape index (κ1) is 16.0. The van der Waals surface area contributed by atoms with E-state index in [-0.39, 0.29) is 11.5 Å². The minimum Gasteiger partial charge on any atom is -0.342 e. The van der Waals surface area contributed by atoms with Crippen molar-refractivity contribution in [2.45, 2.75) is 25.8 Å². The molecule has 1 N–H and O–H groups in total. The Morgan fingerprint density at radius 1 is 1.42 bits per heavy atom. The van der Waals surface area contributed by atoms with Gasteiger partial charge in [-0.25, -0.2) is 14.4 Å². The van der Waals surface area contributed by atoms with Crippen LogP contribution in [0.1, 0.15) is 40.8 Å². The van der Waals surface area contributed by atoms with Crippen molar-refractivity contribution >= 4 is 11.6 Å². The van der Waals surface area contributed by atoms with E-state index < -0.39 is 28.4 Å². The van der Waals surface area contributed by atoms with Gasteiger partial charge in [-0.2, -0.15) is 0 Å². The Balaban J connectivity index is 1.90. The Labute approximate surface area is 137 Å². The van der Waals surface area contributed by atoms with E-state index in [1.807, 2.05) is 6.92 Å². The molecule has 2 aromatic rings. The van der Waals surface area contributed by atoms with Gasteiger partial charge < -0.3 is 5.32 Å². The van der Waals surface area contributed by atoms with Gasteiger partial charge in [0.2, 0.25) is 0 Å². The molecule has 1 saturated carbocycles. The third-order valence-electron chi connectivity index (χ3n) is 3.87. The monoisotopic (exact) mass is 330 g/mol. The Hall–Kier alpha value is -2.90. The Kier molecular flexibility index (Phi) is 4.20. The lowest BCUT2D eigenvalue weighted by molar-refractivity contribution is -0.385. The first-order valence-corrected chi connectivity index (χ1v) is 7.50. The lowest BCUT2D eigenvalue weighted by Crippen LogP contribution is -2.31. The van der Waals surface area contributed by atoms with Crippen LogP contribution in [0.2, 0.25) is 0 Å². The van der Waals surface area contributed by atoms with E-state index in [9.17, 15) is 19.3 Å². The third-order valence-corrected chi connectivity index (χ3v) is 3.87. The van der Waals surface area contributed by atoms with Crippen LogP contribution in [-0.4, -0.2) is 20.8 Å². The van der Waals surface area contributed by atoms with Crippen LogP contribution in [-0.2, 0) is 0 Å². The maximum Gasteiger partial charge on any atom is 0.282 e. The quantitative estimate of drug-likeness (QED) is 0.671. The van der Waals surface area contributed by atoms with Crippen molar-refractivity contribution in [3.8, 4) is 0 Å². The van der Waals surface area contributed by atoms with Crippen LogP contribution in [0, 0.1) is 28.8 Å². The molecule has 7 nitrogen and oxygen atoms in total. The zero-order chi connectivity index (χ0) is 17.3. The number of aryl methyl sites for hydroxylation is 1. The van der Waals surface area contributed by atoms with Crippen LogP contribution < -0.4 is 5.32 Å². The van der Waals surface area contributed by atoms with Gasteiger partial charge in [-0.3, -0.25) is 14.9 Å². The zero-order valence-corrected chi connectivity index (χ0v) is 12.9. The largest absolute Gasteiger partial charge is 0.342 e. The van der Waals surface area contributed by atoms with Gasteiger partial charge in [0.15, 0.2) is 5.82 Å². The Morgan fingerprint density at radius 2 is 2.17 bits per heavy atom. The van der Waals surface area contributed by atoms with Crippen LogP contribution in [0.25, 0.3) is 0 Å². The lowest BCUT2D eigenvalue weighted by Gasteiger charge is -2.17.